The zero-order valence-corrected chi connectivity index (χ0v) is 9.05. The van der Waals surface area contributed by atoms with Crippen molar-refractivity contribution in [2.24, 2.45) is 0 Å². The molecule has 0 amide bonds. The van der Waals surface area contributed by atoms with E-state index in [-0.39, 0.29) is 6.04 Å². The summed E-state index contributed by atoms with van der Waals surface area (Å²) in [6.07, 6.45) is 4.08. The lowest BCUT2D eigenvalue weighted by Gasteiger charge is -2.12. The van der Waals surface area contributed by atoms with Gasteiger partial charge in [-0.15, -0.1) is 0 Å². The summed E-state index contributed by atoms with van der Waals surface area (Å²) in [6, 6.07) is 5.66. The second-order valence-corrected chi connectivity index (χ2v) is 3.63. The van der Waals surface area contributed by atoms with Gasteiger partial charge in [-0.2, -0.15) is 4.98 Å². The third kappa shape index (κ3) is 2.73. The highest BCUT2D eigenvalue weighted by Crippen LogP contribution is 2.08. The van der Waals surface area contributed by atoms with Crippen LogP contribution in [-0.4, -0.2) is 16.0 Å². The van der Waals surface area contributed by atoms with Gasteiger partial charge in [0.15, 0.2) is 0 Å². The summed E-state index contributed by atoms with van der Waals surface area (Å²) in [4.78, 5) is 8.14. The number of nitrogens with one attached hydrogen (secondary N) is 1. The topological polar surface area (TPSA) is 77.0 Å². The fourth-order valence-electron chi connectivity index (χ4n) is 1.44. The van der Waals surface area contributed by atoms with Crippen molar-refractivity contribution in [3.8, 4) is 0 Å². The molecule has 0 aliphatic carbocycles. The van der Waals surface area contributed by atoms with Crippen LogP contribution < -0.4 is 11.1 Å². The molecule has 0 aromatic carbocycles. The molecule has 0 spiro atoms. The lowest BCUT2D eigenvalue weighted by atomic mass is 10.2. The normalized spacial score (nSPS) is 12.3. The molecule has 2 heterocycles. The van der Waals surface area contributed by atoms with Gasteiger partial charge in [0.05, 0.1) is 6.26 Å². The highest BCUT2D eigenvalue weighted by Gasteiger charge is 2.06. The van der Waals surface area contributed by atoms with E-state index < -0.39 is 0 Å². The molecule has 0 aliphatic heterocycles. The first kappa shape index (κ1) is 10.5. The molecule has 2 rings (SSSR count). The number of hydrogen-bond acceptors (Lipinski definition) is 5. The van der Waals surface area contributed by atoms with E-state index in [0.29, 0.717) is 11.8 Å². The highest BCUT2D eigenvalue weighted by molar-refractivity contribution is 5.35. The highest BCUT2D eigenvalue weighted by atomic mass is 16.3. The van der Waals surface area contributed by atoms with E-state index in [4.69, 9.17) is 10.2 Å². The Kier molecular flexibility index (Phi) is 3.05. The summed E-state index contributed by atoms with van der Waals surface area (Å²) >= 11 is 0. The Morgan fingerprint density at radius 1 is 1.50 bits per heavy atom. The number of rotatable bonds is 4. The maximum absolute atomic E-state index is 5.56. The fourth-order valence-corrected chi connectivity index (χ4v) is 1.44. The van der Waals surface area contributed by atoms with Gasteiger partial charge in [-0.05, 0) is 25.1 Å². The van der Waals surface area contributed by atoms with Crippen LogP contribution in [-0.2, 0) is 6.42 Å². The van der Waals surface area contributed by atoms with E-state index in [2.05, 4.69) is 15.3 Å². The Morgan fingerprint density at radius 3 is 3.06 bits per heavy atom. The van der Waals surface area contributed by atoms with Crippen LogP contribution in [0.15, 0.2) is 35.1 Å². The second-order valence-electron chi connectivity index (χ2n) is 3.63. The molecule has 0 saturated heterocycles. The molecule has 0 saturated carbocycles. The maximum atomic E-state index is 5.56. The molecular formula is C11H14N4O. The summed E-state index contributed by atoms with van der Waals surface area (Å²) < 4.78 is 5.26. The molecule has 0 bridgehead atoms. The van der Waals surface area contributed by atoms with E-state index in [1.165, 1.54) is 0 Å². The Balaban J connectivity index is 1.94. The van der Waals surface area contributed by atoms with Crippen molar-refractivity contribution < 1.29 is 4.42 Å². The third-order valence-electron chi connectivity index (χ3n) is 2.14. The summed E-state index contributed by atoms with van der Waals surface area (Å²) in [5.41, 5.74) is 5.56. The molecule has 5 nitrogen and oxygen atoms in total. The van der Waals surface area contributed by atoms with Crippen molar-refractivity contribution in [3.05, 3.63) is 36.4 Å². The van der Waals surface area contributed by atoms with Crippen molar-refractivity contribution in [3.63, 3.8) is 0 Å². The predicted octanol–water partition coefficient (Wildman–Crippen LogP) is 1.69. The minimum atomic E-state index is 0.188. The molecule has 1 unspecified atom stereocenters. The smallest absolute Gasteiger partial charge is 0.224 e. The van der Waals surface area contributed by atoms with Gasteiger partial charge in [0, 0.05) is 18.7 Å². The molecule has 2 aromatic heterocycles. The van der Waals surface area contributed by atoms with Crippen LogP contribution in [0.25, 0.3) is 0 Å². The minimum Gasteiger partial charge on any atom is -0.469 e. The van der Waals surface area contributed by atoms with Gasteiger partial charge >= 0.3 is 0 Å². The molecular weight excluding hydrogens is 204 g/mol. The van der Waals surface area contributed by atoms with E-state index >= 15 is 0 Å². The van der Waals surface area contributed by atoms with Crippen molar-refractivity contribution >= 4 is 11.8 Å². The van der Waals surface area contributed by atoms with E-state index in [1.54, 1.807) is 18.5 Å². The second kappa shape index (κ2) is 4.65. The van der Waals surface area contributed by atoms with Crippen molar-refractivity contribution in [1.82, 2.24) is 9.97 Å². The lowest BCUT2D eigenvalue weighted by molar-refractivity contribution is 0.497. The number of nitrogens with two attached hydrogens (primary N) is 1. The Labute approximate surface area is 93.7 Å². The summed E-state index contributed by atoms with van der Waals surface area (Å²) in [6.45, 7) is 2.04. The molecule has 2 aromatic rings. The van der Waals surface area contributed by atoms with Gasteiger partial charge < -0.3 is 15.5 Å². The molecule has 1 atom stereocenters. The molecule has 16 heavy (non-hydrogen) atoms. The number of hydrogen-bond donors (Lipinski definition) is 2. The first-order valence-electron chi connectivity index (χ1n) is 5.11. The van der Waals surface area contributed by atoms with E-state index in [0.717, 1.165) is 12.2 Å². The molecule has 0 aliphatic rings. The molecule has 0 fully saturated rings. The van der Waals surface area contributed by atoms with Crippen LogP contribution in [0.3, 0.4) is 0 Å². The summed E-state index contributed by atoms with van der Waals surface area (Å²) in [5.74, 6) is 1.94. The first-order valence-corrected chi connectivity index (χ1v) is 5.11. The van der Waals surface area contributed by atoms with Crippen LogP contribution in [0.2, 0.25) is 0 Å². The van der Waals surface area contributed by atoms with E-state index in [1.807, 2.05) is 19.1 Å². The zero-order chi connectivity index (χ0) is 11.4. The Morgan fingerprint density at radius 2 is 2.38 bits per heavy atom. The van der Waals surface area contributed by atoms with Crippen molar-refractivity contribution in [2.45, 2.75) is 19.4 Å². The van der Waals surface area contributed by atoms with Gasteiger partial charge in [0.2, 0.25) is 5.95 Å². The standard InChI is InChI=1S/C11H14N4O/c1-8(7-9-3-2-6-16-9)14-11-13-5-4-10(12)15-11/h2-6,8H,7H2,1H3,(H3,12,13,14,15). The minimum absolute atomic E-state index is 0.188. The lowest BCUT2D eigenvalue weighted by Crippen LogP contribution is -2.19. The maximum Gasteiger partial charge on any atom is 0.224 e. The summed E-state index contributed by atoms with van der Waals surface area (Å²) in [7, 11) is 0. The van der Waals surface area contributed by atoms with Crippen LogP contribution in [0.5, 0.6) is 0 Å². The van der Waals surface area contributed by atoms with Gasteiger partial charge in [0.25, 0.3) is 0 Å². The quantitative estimate of drug-likeness (QED) is 0.816. The van der Waals surface area contributed by atoms with Crippen LogP contribution in [0, 0.1) is 0 Å². The van der Waals surface area contributed by atoms with Crippen LogP contribution in [0.1, 0.15) is 12.7 Å². The van der Waals surface area contributed by atoms with Crippen LogP contribution in [0.4, 0.5) is 11.8 Å². The Hall–Kier alpha value is -2.04. The average molecular weight is 218 g/mol. The number of nitrogen functional groups attached to an aromatic ring is 1. The number of aromatic nitrogens is 2. The SMILES string of the molecule is CC(Cc1ccco1)Nc1nccc(N)n1. The zero-order valence-electron chi connectivity index (χ0n) is 9.05. The van der Waals surface area contributed by atoms with Gasteiger partial charge in [-0.3, -0.25) is 0 Å². The predicted molar refractivity (Wildman–Crippen MR) is 61.9 cm³/mol. The number of nitrogens with zero attached hydrogens (tertiary/aromatic N) is 2. The van der Waals surface area contributed by atoms with Crippen molar-refractivity contribution in [2.75, 3.05) is 11.1 Å². The van der Waals surface area contributed by atoms with Gasteiger partial charge in [-0.25, -0.2) is 4.98 Å². The van der Waals surface area contributed by atoms with Gasteiger partial charge in [-0.1, -0.05) is 0 Å². The third-order valence-corrected chi connectivity index (χ3v) is 2.14. The first-order chi connectivity index (χ1) is 7.74. The number of anilines is 2. The molecule has 5 heteroatoms. The Bertz CT molecular complexity index is 441. The number of furan rings is 1. The molecule has 84 valence electrons. The van der Waals surface area contributed by atoms with E-state index in [9.17, 15) is 0 Å². The fraction of sp³-hybridized carbons (Fsp3) is 0.273. The average Bonchev–Trinajstić information content (AvgIpc) is 2.70. The monoisotopic (exact) mass is 218 g/mol. The molecule has 3 N–H and O–H groups in total. The van der Waals surface area contributed by atoms with Crippen molar-refractivity contribution in [1.29, 1.82) is 0 Å². The van der Waals surface area contributed by atoms with Crippen LogP contribution >= 0.6 is 0 Å². The largest absolute Gasteiger partial charge is 0.469 e. The molecule has 0 radical (unpaired) electrons. The van der Waals surface area contributed by atoms with Gasteiger partial charge in [0.1, 0.15) is 11.6 Å². The summed E-state index contributed by atoms with van der Waals surface area (Å²) in [5, 5.41) is 3.16.